The molecule has 0 spiro atoms. The number of aryl methyl sites for hydroxylation is 2. The number of likely N-dealkylation sites (tertiary alicyclic amines) is 1. The molecule has 2 aromatic heterocycles. The number of carbonyl (C=O) groups excluding carboxylic acids is 1. The molecule has 1 fully saturated rings. The van der Waals surface area contributed by atoms with E-state index in [0.29, 0.717) is 13.0 Å². The fourth-order valence-corrected chi connectivity index (χ4v) is 3.70. The van der Waals surface area contributed by atoms with Crippen LogP contribution in [0.3, 0.4) is 0 Å². The molecule has 1 saturated heterocycles. The highest BCUT2D eigenvalue weighted by Gasteiger charge is 2.23. The van der Waals surface area contributed by atoms with Crippen molar-refractivity contribution in [2.45, 2.75) is 45.3 Å². The second kappa shape index (κ2) is 8.35. The molecule has 0 aromatic carbocycles. The third kappa shape index (κ3) is 4.61. The Kier molecular flexibility index (Phi) is 5.93. The number of rotatable bonds is 6. The highest BCUT2D eigenvalue weighted by Crippen LogP contribution is 2.18. The monoisotopic (exact) mass is 345 g/mol. The van der Waals surface area contributed by atoms with Crippen molar-refractivity contribution in [2.24, 2.45) is 0 Å². The predicted octanol–water partition coefficient (Wildman–Crippen LogP) is 2.99. The third-order valence-electron chi connectivity index (χ3n) is 4.41. The number of amides is 1. The van der Waals surface area contributed by atoms with Gasteiger partial charge in [0.15, 0.2) is 0 Å². The Labute approximate surface area is 146 Å². The molecule has 1 aliphatic rings. The molecule has 24 heavy (non-hydrogen) atoms. The summed E-state index contributed by atoms with van der Waals surface area (Å²) in [6.07, 6.45) is 7.02. The van der Waals surface area contributed by atoms with E-state index in [1.54, 1.807) is 17.5 Å². The SMILES string of the molecule is Cc1ncsc1CCC(=O)N1CCC(OCc2cccnc2)CC1. The maximum absolute atomic E-state index is 12.4. The lowest BCUT2D eigenvalue weighted by atomic mass is 10.1. The number of thiazole rings is 1. The highest BCUT2D eigenvalue weighted by atomic mass is 32.1. The van der Waals surface area contributed by atoms with Crippen molar-refractivity contribution in [1.82, 2.24) is 14.9 Å². The topological polar surface area (TPSA) is 55.3 Å². The molecule has 6 heteroatoms. The largest absolute Gasteiger partial charge is 0.373 e. The van der Waals surface area contributed by atoms with E-state index in [9.17, 15) is 4.79 Å². The lowest BCUT2D eigenvalue weighted by Gasteiger charge is -2.32. The molecule has 0 unspecified atom stereocenters. The zero-order valence-electron chi connectivity index (χ0n) is 14.0. The molecule has 1 amide bonds. The molecule has 0 radical (unpaired) electrons. The third-order valence-corrected chi connectivity index (χ3v) is 5.41. The van der Waals surface area contributed by atoms with Gasteiger partial charge >= 0.3 is 0 Å². The van der Waals surface area contributed by atoms with Gasteiger partial charge in [-0.1, -0.05) is 6.07 Å². The van der Waals surface area contributed by atoms with Gasteiger partial charge in [0.25, 0.3) is 0 Å². The zero-order chi connectivity index (χ0) is 16.8. The maximum atomic E-state index is 12.4. The van der Waals surface area contributed by atoms with Crippen LogP contribution in [0.1, 0.15) is 35.4 Å². The van der Waals surface area contributed by atoms with Gasteiger partial charge in [-0.3, -0.25) is 9.78 Å². The van der Waals surface area contributed by atoms with Crippen LogP contribution in [0.5, 0.6) is 0 Å². The Morgan fingerprint density at radius 3 is 2.92 bits per heavy atom. The van der Waals surface area contributed by atoms with Crippen molar-refractivity contribution >= 4 is 17.2 Å². The smallest absolute Gasteiger partial charge is 0.222 e. The molecule has 2 aromatic rings. The normalized spacial score (nSPS) is 15.6. The second-order valence-electron chi connectivity index (χ2n) is 6.11. The first-order valence-electron chi connectivity index (χ1n) is 8.39. The van der Waals surface area contributed by atoms with Gasteiger partial charge in [0.2, 0.25) is 5.91 Å². The average Bonchev–Trinajstić information content (AvgIpc) is 3.04. The van der Waals surface area contributed by atoms with E-state index in [1.165, 1.54) is 4.88 Å². The molecule has 0 N–H and O–H groups in total. The summed E-state index contributed by atoms with van der Waals surface area (Å²) in [6, 6.07) is 3.94. The minimum Gasteiger partial charge on any atom is -0.373 e. The summed E-state index contributed by atoms with van der Waals surface area (Å²) in [6.45, 7) is 4.18. The van der Waals surface area contributed by atoms with E-state index in [2.05, 4.69) is 9.97 Å². The molecule has 1 aliphatic heterocycles. The van der Waals surface area contributed by atoms with Crippen molar-refractivity contribution in [2.75, 3.05) is 13.1 Å². The quantitative estimate of drug-likeness (QED) is 0.808. The van der Waals surface area contributed by atoms with Gasteiger partial charge in [-0.05, 0) is 37.8 Å². The Morgan fingerprint density at radius 1 is 1.42 bits per heavy atom. The number of hydrogen-bond acceptors (Lipinski definition) is 5. The fourth-order valence-electron chi connectivity index (χ4n) is 2.91. The molecular formula is C18H23N3O2S. The number of aromatic nitrogens is 2. The van der Waals surface area contributed by atoms with Crippen LogP contribution in [0.25, 0.3) is 0 Å². The molecule has 3 rings (SSSR count). The van der Waals surface area contributed by atoms with Gasteiger partial charge in [0.1, 0.15) is 0 Å². The van der Waals surface area contributed by atoms with Gasteiger partial charge in [-0.25, -0.2) is 4.98 Å². The first kappa shape index (κ1) is 17.0. The summed E-state index contributed by atoms with van der Waals surface area (Å²) in [5.41, 5.74) is 3.99. The summed E-state index contributed by atoms with van der Waals surface area (Å²) in [5.74, 6) is 0.244. The maximum Gasteiger partial charge on any atom is 0.222 e. The van der Waals surface area contributed by atoms with E-state index in [-0.39, 0.29) is 12.0 Å². The predicted molar refractivity (Wildman–Crippen MR) is 93.8 cm³/mol. The summed E-state index contributed by atoms with van der Waals surface area (Å²) in [4.78, 5) is 23.9. The van der Waals surface area contributed by atoms with Crippen LogP contribution in [-0.2, 0) is 22.6 Å². The first-order valence-corrected chi connectivity index (χ1v) is 9.27. The minimum absolute atomic E-state index is 0.234. The van der Waals surface area contributed by atoms with Crippen molar-refractivity contribution in [3.05, 3.63) is 46.2 Å². The minimum atomic E-state index is 0.234. The Bertz CT molecular complexity index is 651. The number of piperidine rings is 1. The van der Waals surface area contributed by atoms with Crippen LogP contribution < -0.4 is 0 Å². The van der Waals surface area contributed by atoms with E-state index in [1.807, 2.05) is 35.7 Å². The van der Waals surface area contributed by atoms with Crippen LogP contribution in [-0.4, -0.2) is 40.0 Å². The Balaban J connectivity index is 1.38. The van der Waals surface area contributed by atoms with Crippen LogP contribution in [0.2, 0.25) is 0 Å². The van der Waals surface area contributed by atoms with Crippen molar-refractivity contribution in [3.8, 4) is 0 Å². The summed E-state index contributed by atoms with van der Waals surface area (Å²) < 4.78 is 5.95. The zero-order valence-corrected chi connectivity index (χ0v) is 14.8. The number of hydrogen-bond donors (Lipinski definition) is 0. The molecule has 0 bridgehead atoms. The molecule has 5 nitrogen and oxygen atoms in total. The fraction of sp³-hybridized carbons (Fsp3) is 0.500. The van der Waals surface area contributed by atoms with Crippen molar-refractivity contribution in [1.29, 1.82) is 0 Å². The van der Waals surface area contributed by atoms with E-state index in [4.69, 9.17) is 4.74 Å². The molecule has 128 valence electrons. The number of pyridine rings is 1. The van der Waals surface area contributed by atoms with Crippen LogP contribution in [0.15, 0.2) is 30.0 Å². The Hall–Kier alpha value is -1.79. The van der Waals surface area contributed by atoms with Gasteiger partial charge in [0.05, 0.1) is 23.9 Å². The lowest BCUT2D eigenvalue weighted by molar-refractivity contribution is -0.133. The van der Waals surface area contributed by atoms with Crippen LogP contribution in [0.4, 0.5) is 0 Å². The molecule has 0 atom stereocenters. The summed E-state index contributed by atoms with van der Waals surface area (Å²) in [5, 5.41) is 0. The average molecular weight is 345 g/mol. The second-order valence-corrected chi connectivity index (χ2v) is 7.05. The van der Waals surface area contributed by atoms with E-state index < -0.39 is 0 Å². The van der Waals surface area contributed by atoms with Crippen LogP contribution in [0, 0.1) is 6.92 Å². The lowest BCUT2D eigenvalue weighted by Crippen LogP contribution is -2.40. The number of nitrogens with zero attached hydrogens (tertiary/aromatic N) is 3. The summed E-state index contributed by atoms with van der Waals surface area (Å²) >= 11 is 1.64. The highest BCUT2D eigenvalue weighted by molar-refractivity contribution is 7.09. The van der Waals surface area contributed by atoms with Gasteiger partial charge < -0.3 is 9.64 Å². The first-order chi connectivity index (χ1) is 11.7. The van der Waals surface area contributed by atoms with Crippen molar-refractivity contribution in [3.63, 3.8) is 0 Å². The van der Waals surface area contributed by atoms with E-state index >= 15 is 0 Å². The molecule has 0 saturated carbocycles. The number of ether oxygens (including phenoxy) is 1. The van der Waals surface area contributed by atoms with Gasteiger partial charge in [-0.15, -0.1) is 11.3 Å². The number of carbonyl (C=O) groups is 1. The molecule has 3 heterocycles. The van der Waals surface area contributed by atoms with Gasteiger partial charge in [-0.2, -0.15) is 0 Å². The molecule has 0 aliphatic carbocycles. The van der Waals surface area contributed by atoms with Crippen LogP contribution >= 0.6 is 11.3 Å². The van der Waals surface area contributed by atoms with Crippen molar-refractivity contribution < 1.29 is 9.53 Å². The Morgan fingerprint density at radius 2 is 2.25 bits per heavy atom. The summed E-state index contributed by atoms with van der Waals surface area (Å²) in [7, 11) is 0. The molecular weight excluding hydrogens is 322 g/mol. The van der Waals surface area contributed by atoms with Gasteiger partial charge in [0, 0.05) is 36.8 Å². The standard InChI is InChI=1S/C18H23N3O2S/c1-14-17(24-13-20-14)4-5-18(22)21-9-6-16(7-10-21)23-12-15-3-2-8-19-11-15/h2-3,8,11,13,16H,4-7,9-10,12H2,1H3. The van der Waals surface area contributed by atoms with E-state index in [0.717, 1.165) is 43.6 Å².